The van der Waals surface area contributed by atoms with Gasteiger partial charge in [0, 0.05) is 15.0 Å². The van der Waals surface area contributed by atoms with Crippen molar-refractivity contribution < 1.29 is 26.3 Å². The van der Waals surface area contributed by atoms with E-state index in [1.807, 2.05) is 6.92 Å². The van der Waals surface area contributed by atoms with Crippen molar-refractivity contribution >= 4 is 14.7 Å². The molecule has 7 heteroatoms. The van der Waals surface area contributed by atoms with Gasteiger partial charge in [-0.05, 0) is 80.5 Å². The van der Waals surface area contributed by atoms with Gasteiger partial charge in [-0.15, -0.1) is 0 Å². The molecule has 3 aliphatic carbocycles. The van der Waals surface area contributed by atoms with E-state index in [9.17, 15) is 26.3 Å². The smallest absolute Gasteiger partial charge is 0.166 e. The summed E-state index contributed by atoms with van der Waals surface area (Å²) in [7, 11) is -0.00929. The third-order valence-corrected chi connectivity index (χ3v) is 8.35. The minimum absolute atomic E-state index is 0.00929. The summed E-state index contributed by atoms with van der Waals surface area (Å²) in [6.45, 7) is 4.13. The minimum Gasteiger partial charge on any atom is -0.166 e. The molecule has 0 aromatic heterocycles. The van der Waals surface area contributed by atoms with Gasteiger partial charge in [0.05, 0.1) is 11.1 Å². The van der Waals surface area contributed by atoms with Crippen LogP contribution in [0.25, 0.3) is 16.7 Å². The third kappa shape index (κ3) is 2.15. The average molecular weight is 396 g/mol. The zero-order valence-corrected chi connectivity index (χ0v) is 15.6. The Morgan fingerprint density at radius 3 is 2.04 bits per heavy atom. The molecule has 0 fully saturated rings. The highest BCUT2D eigenvalue weighted by molar-refractivity contribution is 6.37. The first-order valence-corrected chi connectivity index (χ1v) is 10.0. The Morgan fingerprint density at radius 2 is 1.52 bits per heavy atom. The molecule has 0 saturated heterocycles. The summed E-state index contributed by atoms with van der Waals surface area (Å²) >= 11 is 0. The van der Waals surface area contributed by atoms with Crippen LogP contribution in [0.1, 0.15) is 47.1 Å². The number of hydrogen-bond acceptors (Lipinski definition) is 0. The molecule has 0 spiro atoms. The Hall–Kier alpha value is -1.89. The molecule has 1 aliphatic heterocycles. The molecule has 1 heterocycles. The van der Waals surface area contributed by atoms with E-state index in [-0.39, 0.29) is 26.7 Å². The summed E-state index contributed by atoms with van der Waals surface area (Å²) in [4.78, 5) is 1.20. The van der Waals surface area contributed by atoms with Crippen LogP contribution >= 0.6 is 0 Å². The molecular formula is C20H14F6Si. The highest BCUT2D eigenvalue weighted by atomic mass is 28.2. The van der Waals surface area contributed by atoms with Crippen molar-refractivity contribution in [3.8, 4) is 11.1 Å². The fourth-order valence-corrected chi connectivity index (χ4v) is 6.97. The van der Waals surface area contributed by atoms with E-state index in [4.69, 9.17) is 0 Å². The van der Waals surface area contributed by atoms with Gasteiger partial charge in [0.15, 0.2) is 0 Å². The molecule has 0 N–H and O–H groups in total. The maximum atomic E-state index is 13.3. The molecule has 0 amide bonds. The van der Waals surface area contributed by atoms with E-state index in [0.717, 1.165) is 34.9 Å². The lowest BCUT2D eigenvalue weighted by Gasteiger charge is -2.15. The Kier molecular flexibility index (Phi) is 3.14. The van der Waals surface area contributed by atoms with Crippen LogP contribution in [0.3, 0.4) is 0 Å². The normalized spacial score (nSPS) is 21.7. The Balaban J connectivity index is 1.82. The molecule has 2 aromatic rings. The van der Waals surface area contributed by atoms with Crippen molar-refractivity contribution in [2.24, 2.45) is 0 Å². The summed E-state index contributed by atoms with van der Waals surface area (Å²) < 4.78 is 79.5. The number of benzene rings is 2. The van der Waals surface area contributed by atoms with Crippen LogP contribution in [0, 0.1) is 11.7 Å². The van der Waals surface area contributed by atoms with Crippen LogP contribution in [-0.2, 0) is 12.4 Å². The first-order valence-electron chi connectivity index (χ1n) is 8.76. The summed E-state index contributed by atoms with van der Waals surface area (Å²) in [5, 5.41) is 0.969. The van der Waals surface area contributed by atoms with E-state index in [2.05, 4.69) is 6.92 Å². The van der Waals surface area contributed by atoms with Crippen molar-refractivity contribution in [2.75, 3.05) is 0 Å². The summed E-state index contributed by atoms with van der Waals surface area (Å²) in [5.41, 5.74) is 3.22. The largest absolute Gasteiger partial charge is 0.416 e. The fourth-order valence-electron chi connectivity index (χ4n) is 4.91. The summed E-state index contributed by atoms with van der Waals surface area (Å²) in [6, 6.07) is 1.97. The van der Waals surface area contributed by atoms with Crippen molar-refractivity contribution in [3.05, 3.63) is 56.0 Å². The van der Waals surface area contributed by atoms with Crippen LogP contribution in [0.15, 0.2) is 18.2 Å². The average Bonchev–Trinajstić information content (AvgIpc) is 3.08. The van der Waals surface area contributed by atoms with Crippen LogP contribution < -0.4 is 5.22 Å². The Morgan fingerprint density at radius 1 is 0.926 bits per heavy atom. The lowest BCUT2D eigenvalue weighted by molar-refractivity contribution is -0.143. The lowest BCUT2D eigenvalue weighted by Crippen LogP contribution is -2.14. The molecule has 6 bridgehead atoms. The monoisotopic (exact) mass is 396 g/mol. The van der Waals surface area contributed by atoms with E-state index in [0.29, 0.717) is 11.1 Å². The molecule has 0 saturated carbocycles. The van der Waals surface area contributed by atoms with E-state index in [1.54, 1.807) is 0 Å². The lowest BCUT2D eigenvalue weighted by atomic mass is 9.94. The molecule has 6 rings (SSSR count). The zero-order valence-electron chi connectivity index (χ0n) is 14.4. The predicted molar refractivity (Wildman–Crippen MR) is 91.5 cm³/mol. The van der Waals surface area contributed by atoms with Crippen molar-refractivity contribution in [2.45, 2.75) is 44.1 Å². The molecule has 27 heavy (non-hydrogen) atoms. The van der Waals surface area contributed by atoms with Gasteiger partial charge in [0.1, 0.15) is 0 Å². The van der Waals surface area contributed by atoms with Gasteiger partial charge in [-0.25, -0.2) is 0 Å². The van der Waals surface area contributed by atoms with Crippen LogP contribution in [0.5, 0.6) is 0 Å². The van der Waals surface area contributed by atoms with Gasteiger partial charge in [-0.1, -0.05) is 6.92 Å². The maximum Gasteiger partial charge on any atom is 0.416 e. The number of halogens is 6. The van der Waals surface area contributed by atoms with Gasteiger partial charge < -0.3 is 0 Å². The van der Waals surface area contributed by atoms with E-state index in [1.165, 1.54) is 16.0 Å². The van der Waals surface area contributed by atoms with E-state index < -0.39 is 23.5 Å². The SMILES string of the molecule is CCC1[SiH]=c2c(C)c3c4c(-c5cc(C(F)(F)F)cc(C(F)(F)F)c5)c2=C1C34. The molecule has 2 atom stereocenters. The molecule has 2 unspecified atom stereocenters. The highest BCUT2D eigenvalue weighted by Gasteiger charge is 2.50. The molecular weight excluding hydrogens is 382 g/mol. The fraction of sp³-hybridized carbons (Fsp3) is 0.350. The van der Waals surface area contributed by atoms with E-state index >= 15 is 0 Å². The quantitative estimate of drug-likeness (QED) is 0.483. The Bertz CT molecular complexity index is 1120. The highest BCUT2D eigenvalue weighted by Crippen LogP contribution is 2.62. The molecule has 140 valence electrons. The van der Waals surface area contributed by atoms with Gasteiger partial charge in [-0.3, -0.25) is 0 Å². The van der Waals surface area contributed by atoms with Gasteiger partial charge >= 0.3 is 12.4 Å². The van der Waals surface area contributed by atoms with Crippen LogP contribution in [-0.4, -0.2) is 9.13 Å². The molecule has 0 nitrogen and oxygen atoms in total. The predicted octanol–water partition coefficient (Wildman–Crippen LogP) is 5.21. The first kappa shape index (κ1) is 17.2. The molecule has 2 aromatic carbocycles. The second-order valence-electron chi connectivity index (χ2n) is 7.48. The standard InChI is InChI=1S/C20H14F6Si/c1-3-11-14-16-12-7(2)18(27-11)17(14)13(15(12)16)8-4-9(19(21,22)23)6-10(5-8)20(24,25)26/h4-6,11,16,27H,3H2,1-2H3. The first-order chi connectivity index (χ1) is 12.5. The van der Waals surface area contributed by atoms with Crippen molar-refractivity contribution in [3.63, 3.8) is 0 Å². The van der Waals surface area contributed by atoms with Crippen LogP contribution in [0.4, 0.5) is 26.3 Å². The topological polar surface area (TPSA) is 0 Å². The van der Waals surface area contributed by atoms with Crippen molar-refractivity contribution in [1.29, 1.82) is 0 Å². The van der Waals surface area contributed by atoms with Gasteiger partial charge in [0.25, 0.3) is 0 Å². The number of alkyl halides is 6. The molecule has 4 aliphatic rings. The van der Waals surface area contributed by atoms with Gasteiger partial charge in [-0.2, -0.15) is 26.3 Å². The van der Waals surface area contributed by atoms with Gasteiger partial charge in [0.2, 0.25) is 0 Å². The Labute approximate surface area is 153 Å². The number of rotatable bonds is 2. The number of hydrogen-bond donors (Lipinski definition) is 0. The molecule has 0 radical (unpaired) electrons. The van der Waals surface area contributed by atoms with Crippen molar-refractivity contribution in [1.82, 2.24) is 0 Å². The maximum absolute atomic E-state index is 13.3. The zero-order chi connectivity index (χ0) is 19.5. The van der Waals surface area contributed by atoms with Crippen LogP contribution in [0.2, 0.25) is 5.54 Å². The summed E-state index contributed by atoms with van der Waals surface area (Å²) in [5.74, 6) is 0.155. The third-order valence-electron chi connectivity index (χ3n) is 6.06. The second kappa shape index (κ2) is 4.93. The summed E-state index contributed by atoms with van der Waals surface area (Å²) in [6.07, 6.45) is -8.68. The minimum atomic E-state index is -4.82. The second-order valence-corrected chi connectivity index (χ2v) is 9.20.